The van der Waals surface area contributed by atoms with Gasteiger partial charge in [-0.15, -0.1) is 0 Å². The summed E-state index contributed by atoms with van der Waals surface area (Å²) in [6.45, 7) is 1.61. The minimum absolute atomic E-state index is 0.233. The molecule has 1 aromatic carbocycles. The van der Waals surface area contributed by atoms with Gasteiger partial charge in [0, 0.05) is 34.0 Å². The second kappa shape index (κ2) is 5.79. The summed E-state index contributed by atoms with van der Waals surface area (Å²) in [7, 11) is -4.83. The Labute approximate surface area is 120 Å². The topological polar surface area (TPSA) is 89.3 Å². The van der Waals surface area contributed by atoms with Gasteiger partial charge in [0.15, 0.2) is 0 Å². The summed E-state index contributed by atoms with van der Waals surface area (Å²) in [6, 6.07) is 1.94. The summed E-state index contributed by atoms with van der Waals surface area (Å²) < 4.78 is 51.9. The van der Waals surface area contributed by atoms with Crippen LogP contribution in [0.2, 0.25) is 0 Å². The fourth-order valence-electron chi connectivity index (χ4n) is 2.07. The van der Waals surface area contributed by atoms with Crippen molar-refractivity contribution in [1.29, 1.82) is 0 Å². The number of aryl methyl sites for hydroxylation is 1. The molecule has 0 aromatic heterocycles. The number of hydrogen-bond donors (Lipinski definition) is 2. The molecule has 0 spiro atoms. The zero-order valence-electron chi connectivity index (χ0n) is 11.1. The smallest absolute Gasteiger partial charge is 0.243 e. The van der Waals surface area contributed by atoms with Crippen LogP contribution in [0.1, 0.15) is 18.4 Å². The van der Waals surface area contributed by atoms with E-state index in [1.165, 1.54) is 0 Å². The molecule has 1 aliphatic rings. The van der Waals surface area contributed by atoms with E-state index in [1.807, 2.05) is 0 Å². The van der Waals surface area contributed by atoms with Crippen molar-refractivity contribution < 1.29 is 17.0 Å². The Hall–Kier alpha value is -0.990. The van der Waals surface area contributed by atoms with Crippen molar-refractivity contribution in [1.82, 2.24) is 4.72 Å². The molecule has 0 aliphatic carbocycles. The maximum absolute atomic E-state index is 13.8. The van der Waals surface area contributed by atoms with Crippen molar-refractivity contribution in [2.75, 3.05) is 17.2 Å². The number of nitrogens with one attached hydrogen (secondary N) is 1. The molecule has 0 radical (unpaired) electrons. The minimum Gasteiger partial charge on any atom is -0.398 e. The predicted molar refractivity (Wildman–Crippen MR) is 76.8 cm³/mol. The largest absolute Gasteiger partial charge is 0.398 e. The molecular formula is C12H17FN2O3S2. The van der Waals surface area contributed by atoms with E-state index >= 15 is 0 Å². The van der Waals surface area contributed by atoms with Crippen LogP contribution in [0.15, 0.2) is 17.0 Å². The van der Waals surface area contributed by atoms with Crippen LogP contribution in [0.4, 0.5) is 10.1 Å². The molecule has 1 saturated heterocycles. The first-order valence-electron chi connectivity index (χ1n) is 6.22. The number of nitrogen functional groups attached to an aromatic ring is 1. The van der Waals surface area contributed by atoms with E-state index in [0.717, 1.165) is 12.1 Å². The molecule has 1 fully saturated rings. The molecule has 3 N–H and O–H groups in total. The van der Waals surface area contributed by atoms with Gasteiger partial charge in [0.1, 0.15) is 10.7 Å². The Balaban J connectivity index is 2.22. The van der Waals surface area contributed by atoms with Gasteiger partial charge in [-0.1, -0.05) is 0 Å². The lowest BCUT2D eigenvalue weighted by molar-refractivity contribution is 0.513. The SMILES string of the molecule is Cc1cc(F)c(S(=O)(=O)NC2CCS(=O)CC2)cc1N. The number of halogens is 1. The number of nitrogens with two attached hydrogens (primary N) is 1. The van der Waals surface area contributed by atoms with Crippen molar-refractivity contribution in [3.8, 4) is 0 Å². The van der Waals surface area contributed by atoms with Gasteiger partial charge in [0.05, 0.1) is 0 Å². The Bertz CT molecular complexity index is 636. The van der Waals surface area contributed by atoms with Crippen LogP contribution in [0.5, 0.6) is 0 Å². The van der Waals surface area contributed by atoms with Crippen LogP contribution in [0, 0.1) is 12.7 Å². The highest BCUT2D eigenvalue weighted by molar-refractivity contribution is 7.89. The van der Waals surface area contributed by atoms with E-state index in [0.29, 0.717) is 29.9 Å². The number of anilines is 1. The molecule has 2 rings (SSSR count). The van der Waals surface area contributed by atoms with Crippen LogP contribution < -0.4 is 10.5 Å². The Morgan fingerprint density at radius 1 is 1.35 bits per heavy atom. The third-order valence-electron chi connectivity index (χ3n) is 3.32. The van der Waals surface area contributed by atoms with Gasteiger partial charge in [-0.3, -0.25) is 4.21 Å². The summed E-state index contributed by atoms with van der Waals surface area (Å²) in [5.74, 6) is 0.112. The van der Waals surface area contributed by atoms with Gasteiger partial charge in [0.2, 0.25) is 10.0 Å². The van der Waals surface area contributed by atoms with Gasteiger partial charge >= 0.3 is 0 Å². The molecule has 0 amide bonds. The molecule has 1 heterocycles. The van der Waals surface area contributed by atoms with Crippen LogP contribution in [-0.4, -0.2) is 30.2 Å². The molecule has 1 aliphatic heterocycles. The van der Waals surface area contributed by atoms with E-state index in [-0.39, 0.29) is 11.7 Å². The lowest BCUT2D eigenvalue weighted by Gasteiger charge is -2.22. The zero-order chi connectivity index (χ0) is 14.9. The fraction of sp³-hybridized carbons (Fsp3) is 0.500. The highest BCUT2D eigenvalue weighted by atomic mass is 32.2. The standard InChI is InChI=1S/C12H17FN2O3S2/c1-8-6-10(13)12(7-11(8)14)20(17,18)15-9-2-4-19(16)5-3-9/h6-7,9,15H,2-5,14H2,1H3. The van der Waals surface area contributed by atoms with E-state index in [1.54, 1.807) is 6.92 Å². The molecule has 0 bridgehead atoms. The van der Waals surface area contributed by atoms with Crippen LogP contribution >= 0.6 is 0 Å². The Kier molecular flexibility index (Phi) is 4.46. The molecule has 1 aromatic rings. The van der Waals surface area contributed by atoms with Gasteiger partial charge in [-0.25, -0.2) is 17.5 Å². The highest BCUT2D eigenvalue weighted by Crippen LogP contribution is 2.22. The Morgan fingerprint density at radius 2 is 1.95 bits per heavy atom. The van der Waals surface area contributed by atoms with Gasteiger partial charge < -0.3 is 5.73 Å². The van der Waals surface area contributed by atoms with E-state index < -0.39 is 31.5 Å². The van der Waals surface area contributed by atoms with E-state index in [4.69, 9.17) is 5.73 Å². The monoisotopic (exact) mass is 320 g/mol. The average molecular weight is 320 g/mol. The number of sulfonamides is 1. The first-order valence-corrected chi connectivity index (χ1v) is 9.19. The molecule has 0 unspecified atom stereocenters. The molecule has 0 atom stereocenters. The van der Waals surface area contributed by atoms with Gasteiger partial charge in [-0.05, 0) is 37.5 Å². The number of rotatable bonds is 3. The third-order valence-corrected chi connectivity index (χ3v) is 6.24. The summed E-state index contributed by atoms with van der Waals surface area (Å²) in [4.78, 5) is -0.438. The summed E-state index contributed by atoms with van der Waals surface area (Å²) in [5.41, 5.74) is 6.37. The highest BCUT2D eigenvalue weighted by Gasteiger charge is 2.26. The van der Waals surface area contributed by atoms with E-state index in [2.05, 4.69) is 4.72 Å². The van der Waals surface area contributed by atoms with Gasteiger partial charge in [-0.2, -0.15) is 0 Å². The van der Waals surface area contributed by atoms with Crippen LogP contribution in [0.3, 0.4) is 0 Å². The summed E-state index contributed by atoms with van der Waals surface area (Å²) >= 11 is 0. The summed E-state index contributed by atoms with van der Waals surface area (Å²) in [6.07, 6.45) is 0.990. The van der Waals surface area contributed by atoms with Crippen LogP contribution in [-0.2, 0) is 20.8 Å². The minimum atomic E-state index is -3.95. The summed E-state index contributed by atoms with van der Waals surface area (Å²) in [5, 5.41) is 0. The molecule has 20 heavy (non-hydrogen) atoms. The Morgan fingerprint density at radius 3 is 2.55 bits per heavy atom. The van der Waals surface area contributed by atoms with Crippen molar-refractivity contribution in [2.24, 2.45) is 0 Å². The lowest BCUT2D eigenvalue weighted by atomic mass is 10.2. The maximum Gasteiger partial charge on any atom is 0.243 e. The molecule has 112 valence electrons. The predicted octanol–water partition coefficient (Wildman–Crippen LogP) is 0.906. The molecular weight excluding hydrogens is 303 g/mol. The van der Waals surface area contributed by atoms with E-state index in [9.17, 15) is 17.0 Å². The molecule has 0 saturated carbocycles. The number of benzene rings is 1. The van der Waals surface area contributed by atoms with Crippen molar-refractivity contribution in [3.63, 3.8) is 0 Å². The number of hydrogen-bond acceptors (Lipinski definition) is 4. The molecule has 5 nitrogen and oxygen atoms in total. The lowest BCUT2D eigenvalue weighted by Crippen LogP contribution is -2.39. The van der Waals surface area contributed by atoms with Crippen molar-refractivity contribution >= 4 is 26.5 Å². The maximum atomic E-state index is 13.8. The fourth-order valence-corrected chi connectivity index (χ4v) is 4.77. The van der Waals surface area contributed by atoms with Crippen LogP contribution in [0.25, 0.3) is 0 Å². The quantitative estimate of drug-likeness (QED) is 0.810. The zero-order valence-corrected chi connectivity index (χ0v) is 12.7. The second-order valence-corrected chi connectivity index (χ2v) is 8.26. The normalized spacial score (nSPS) is 23.7. The second-order valence-electron chi connectivity index (χ2n) is 4.88. The molecule has 8 heteroatoms. The van der Waals surface area contributed by atoms with Gasteiger partial charge in [0.25, 0.3) is 0 Å². The van der Waals surface area contributed by atoms with Crippen molar-refractivity contribution in [2.45, 2.75) is 30.7 Å². The first kappa shape index (κ1) is 15.4. The van der Waals surface area contributed by atoms with Crippen molar-refractivity contribution in [3.05, 3.63) is 23.5 Å². The first-order chi connectivity index (χ1) is 9.29. The average Bonchev–Trinajstić information content (AvgIpc) is 2.36. The third kappa shape index (κ3) is 3.36.